The van der Waals surface area contributed by atoms with Gasteiger partial charge >= 0.3 is 0 Å². The van der Waals surface area contributed by atoms with Crippen molar-refractivity contribution in [3.8, 4) is 0 Å². The monoisotopic (exact) mass is 334 g/mol. The summed E-state index contributed by atoms with van der Waals surface area (Å²) in [6.45, 7) is 0. The van der Waals surface area contributed by atoms with Crippen LogP contribution < -0.4 is 11.5 Å². The first-order valence-corrected chi connectivity index (χ1v) is 7.06. The molecular weight excluding hydrogens is 323 g/mol. The number of nitrogens with zero attached hydrogens (tertiary/aromatic N) is 2. The molecule has 8 heteroatoms. The lowest BCUT2D eigenvalue weighted by molar-refractivity contribution is 1.33. The fraction of sp³-hybridized carbons (Fsp3) is 0. The van der Waals surface area contributed by atoms with Crippen LogP contribution in [0.1, 0.15) is 0 Å². The second kappa shape index (κ2) is 5.75. The Labute approximate surface area is 135 Å². The molecule has 0 spiro atoms. The fourth-order valence-electron chi connectivity index (χ4n) is 2.00. The van der Waals surface area contributed by atoms with Crippen LogP contribution in [0, 0.1) is 0 Å². The van der Waals surface area contributed by atoms with Gasteiger partial charge in [0.25, 0.3) is 0 Å². The Morgan fingerprint density at radius 2 is 1.18 bits per heavy atom. The van der Waals surface area contributed by atoms with Gasteiger partial charge in [0.05, 0.1) is 21.4 Å². The van der Waals surface area contributed by atoms with Gasteiger partial charge in [-0.05, 0) is 12.1 Å². The molecule has 0 aliphatic heterocycles. The first kappa shape index (κ1) is 14.5. The zero-order chi connectivity index (χ0) is 15.7. The van der Waals surface area contributed by atoms with Crippen molar-refractivity contribution in [3.05, 3.63) is 47.0 Å². The minimum absolute atomic E-state index is 0.601. The van der Waals surface area contributed by atoms with Crippen LogP contribution in [-0.4, -0.2) is 19.9 Å². The average Bonchev–Trinajstić information content (AvgIpc) is 3.04. The van der Waals surface area contributed by atoms with E-state index in [4.69, 9.17) is 34.7 Å². The smallest absolute Gasteiger partial charge is 0.139 e. The number of nitrogens with one attached hydrogen (secondary N) is 2. The number of fused-ring (bicyclic) bond motifs is 2. The standard InChI is InChI=1S/2C7H6ClN3/c2*8-4-1-5-6(9)3-11-7(5)10-2-4/h2*1-3H,9H2,(H,10,11). The molecule has 6 N–H and O–H groups in total. The molecule has 6 nitrogen and oxygen atoms in total. The first-order chi connectivity index (χ1) is 10.5. The van der Waals surface area contributed by atoms with Gasteiger partial charge in [0.1, 0.15) is 11.3 Å². The number of anilines is 2. The van der Waals surface area contributed by atoms with Gasteiger partial charge in [-0.15, -0.1) is 0 Å². The average molecular weight is 335 g/mol. The molecule has 4 aromatic rings. The van der Waals surface area contributed by atoms with Crippen molar-refractivity contribution in [2.75, 3.05) is 11.5 Å². The molecule has 0 aliphatic rings. The Bertz CT molecular complexity index is 865. The normalized spacial score (nSPS) is 10.6. The molecule has 0 saturated heterocycles. The van der Waals surface area contributed by atoms with E-state index in [9.17, 15) is 0 Å². The molecule has 0 fully saturated rings. The van der Waals surface area contributed by atoms with Crippen LogP contribution in [0.15, 0.2) is 36.9 Å². The molecule has 0 aliphatic carbocycles. The lowest BCUT2D eigenvalue weighted by Crippen LogP contribution is -1.80. The van der Waals surface area contributed by atoms with E-state index in [1.165, 1.54) is 0 Å². The maximum absolute atomic E-state index is 5.72. The van der Waals surface area contributed by atoms with Crippen molar-refractivity contribution in [2.45, 2.75) is 0 Å². The summed E-state index contributed by atoms with van der Waals surface area (Å²) >= 11 is 11.4. The number of hydrogen-bond acceptors (Lipinski definition) is 4. The fourth-order valence-corrected chi connectivity index (χ4v) is 2.31. The van der Waals surface area contributed by atoms with E-state index in [0.717, 1.165) is 22.1 Å². The highest BCUT2D eigenvalue weighted by Gasteiger charge is 2.01. The first-order valence-electron chi connectivity index (χ1n) is 6.31. The van der Waals surface area contributed by atoms with Crippen molar-refractivity contribution in [3.63, 3.8) is 0 Å². The lowest BCUT2D eigenvalue weighted by Gasteiger charge is -1.90. The Hall–Kier alpha value is -2.44. The second-order valence-electron chi connectivity index (χ2n) is 4.59. The number of pyridine rings is 2. The van der Waals surface area contributed by atoms with Crippen molar-refractivity contribution in [1.29, 1.82) is 0 Å². The number of nitrogens with two attached hydrogens (primary N) is 2. The molecule has 0 unspecified atom stereocenters. The minimum Gasteiger partial charge on any atom is -0.397 e. The number of halogens is 2. The van der Waals surface area contributed by atoms with E-state index in [1.807, 2.05) is 0 Å². The SMILES string of the molecule is Nc1c[nH]c2ncc(Cl)cc12.Nc1c[nH]c2ncc(Cl)cc12. The molecule has 0 bridgehead atoms. The van der Waals surface area contributed by atoms with Gasteiger partial charge in [-0.25, -0.2) is 9.97 Å². The zero-order valence-corrected chi connectivity index (χ0v) is 12.8. The number of aromatic nitrogens is 4. The minimum atomic E-state index is 0.601. The van der Waals surface area contributed by atoms with E-state index in [1.54, 1.807) is 36.9 Å². The highest BCUT2D eigenvalue weighted by molar-refractivity contribution is 6.31. The topological polar surface area (TPSA) is 109 Å². The van der Waals surface area contributed by atoms with Crippen LogP contribution >= 0.6 is 23.2 Å². The molecule has 0 atom stereocenters. The summed E-state index contributed by atoms with van der Waals surface area (Å²) in [7, 11) is 0. The maximum atomic E-state index is 5.72. The third-order valence-electron chi connectivity index (χ3n) is 3.06. The Morgan fingerprint density at radius 1 is 0.773 bits per heavy atom. The third-order valence-corrected chi connectivity index (χ3v) is 3.47. The van der Waals surface area contributed by atoms with Crippen LogP contribution in [0.2, 0.25) is 10.0 Å². The zero-order valence-electron chi connectivity index (χ0n) is 11.3. The summed E-state index contributed by atoms with van der Waals surface area (Å²) in [5.74, 6) is 0. The van der Waals surface area contributed by atoms with Crippen molar-refractivity contribution in [1.82, 2.24) is 19.9 Å². The summed E-state index contributed by atoms with van der Waals surface area (Å²) in [6, 6.07) is 3.57. The van der Waals surface area contributed by atoms with Gasteiger partial charge in [-0.3, -0.25) is 0 Å². The molecule has 0 saturated carbocycles. The molecule has 4 rings (SSSR count). The maximum Gasteiger partial charge on any atom is 0.139 e. The van der Waals surface area contributed by atoms with Gasteiger partial charge in [0, 0.05) is 35.6 Å². The van der Waals surface area contributed by atoms with Crippen molar-refractivity contribution >= 4 is 56.6 Å². The predicted molar refractivity (Wildman–Crippen MR) is 91.0 cm³/mol. The highest BCUT2D eigenvalue weighted by atomic mass is 35.5. The molecule has 0 aromatic carbocycles. The summed E-state index contributed by atoms with van der Waals surface area (Å²) in [4.78, 5) is 13.9. The molecule has 4 heterocycles. The number of hydrogen-bond donors (Lipinski definition) is 4. The summed E-state index contributed by atoms with van der Waals surface area (Å²) < 4.78 is 0. The predicted octanol–water partition coefficient (Wildman–Crippen LogP) is 3.60. The van der Waals surface area contributed by atoms with Gasteiger partial charge in [-0.1, -0.05) is 23.2 Å². The van der Waals surface area contributed by atoms with E-state index in [0.29, 0.717) is 21.4 Å². The highest BCUT2D eigenvalue weighted by Crippen LogP contribution is 2.21. The number of nitrogen functional groups attached to an aromatic ring is 2. The summed E-state index contributed by atoms with van der Waals surface area (Å²) in [6.07, 6.45) is 6.57. The van der Waals surface area contributed by atoms with Gasteiger partial charge in [0.2, 0.25) is 0 Å². The van der Waals surface area contributed by atoms with Crippen LogP contribution in [0.25, 0.3) is 22.1 Å². The molecular formula is C14H12Cl2N6. The van der Waals surface area contributed by atoms with Crippen LogP contribution in [0.3, 0.4) is 0 Å². The molecule has 112 valence electrons. The van der Waals surface area contributed by atoms with E-state index in [-0.39, 0.29) is 0 Å². The molecule has 0 radical (unpaired) electrons. The quantitative estimate of drug-likeness (QED) is 0.393. The molecule has 4 aromatic heterocycles. The second-order valence-corrected chi connectivity index (χ2v) is 5.46. The number of H-pyrrole nitrogens is 2. The van der Waals surface area contributed by atoms with Gasteiger partial charge < -0.3 is 21.4 Å². The summed E-state index contributed by atoms with van der Waals surface area (Å²) in [5.41, 5.74) is 14.1. The number of rotatable bonds is 0. The van der Waals surface area contributed by atoms with E-state index in [2.05, 4.69) is 19.9 Å². The van der Waals surface area contributed by atoms with Crippen LogP contribution in [-0.2, 0) is 0 Å². The van der Waals surface area contributed by atoms with Crippen LogP contribution in [0.4, 0.5) is 11.4 Å². The lowest BCUT2D eigenvalue weighted by atomic mass is 10.3. The molecule has 0 amide bonds. The van der Waals surface area contributed by atoms with Crippen molar-refractivity contribution < 1.29 is 0 Å². The van der Waals surface area contributed by atoms with Gasteiger partial charge in [-0.2, -0.15) is 0 Å². The Kier molecular flexibility index (Phi) is 3.79. The molecule has 22 heavy (non-hydrogen) atoms. The Balaban J connectivity index is 0.000000131. The number of aromatic amines is 2. The largest absolute Gasteiger partial charge is 0.397 e. The van der Waals surface area contributed by atoms with E-state index >= 15 is 0 Å². The Morgan fingerprint density at radius 3 is 1.59 bits per heavy atom. The van der Waals surface area contributed by atoms with Crippen LogP contribution in [0.5, 0.6) is 0 Å². The van der Waals surface area contributed by atoms with E-state index < -0.39 is 0 Å². The van der Waals surface area contributed by atoms with Crippen molar-refractivity contribution in [2.24, 2.45) is 0 Å². The summed E-state index contributed by atoms with van der Waals surface area (Å²) in [5, 5.41) is 2.95. The van der Waals surface area contributed by atoms with Gasteiger partial charge in [0.15, 0.2) is 0 Å². The third kappa shape index (κ3) is 2.79.